The Labute approximate surface area is 237 Å². The number of aliphatic hydroxyl groups is 1. The molecule has 7 atom stereocenters. The van der Waals surface area contributed by atoms with E-state index >= 15 is 0 Å². The zero-order valence-electron chi connectivity index (χ0n) is 23.1. The van der Waals surface area contributed by atoms with E-state index in [1.165, 1.54) is 11.0 Å². The van der Waals surface area contributed by atoms with Crippen LogP contribution < -0.4 is 5.73 Å². The van der Waals surface area contributed by atoms with Gasteiger partial charge in [0.25, 0.3) is 0 Å². The van der Waals surface area contributed by atoms with Crippen molar-refractivity contribution in [2.75, 3.05) is 27.2 Å². The van der Waals surface area contributed by atoms with E-state index in [1.54, 1.807) is 14.1 Å². The topological polar surface area (TPSA) is 158 Å². The summed E-state index contributed by atoms with van der Waals surface area (Å²) in [5, 5.41) is 23.1. The van der Waals surface area contributed by atoms with Gasteiger partial charge in [-0.3, -0.25) is 33.8 Å². The molecule has 1 heterocycles. The fraction of sp³-hybridized carbons (Fsp3) is 0.621. The van der Waals surface area contributed by atoms with Crippen molar-refractivity contribution < 1.29 is 34.2 Å². The third-order valence-electron chi connectivity index (χ3n) is 9.34. The number of benzene rings is 1. The molecule has 1 aromatic rings. The highest BCUT2D eigenvalue weighted by atomic mass is 35.5. The second kappa shape index (κ2) is 10.0. The lowest BCUT2D eigenvalue weighted by Crippen LogP contribution is -2.74. The van der Waals surface area contributed by atoms with Gasteiger partial charge in [-0.2, -0.15) is 0 Å². The van der Waals surface area contributed by atoms with Crippen molar-refractivity contribution in [1.82, 2.24) is 9.80 Å². The highest BCUT2D eigenvalue weighted by Crippen LogP contribution is 2.52. The first kappa shape index (κ1) is 28.9. The van der Waals surface area contributed by atoms with Crippen LogP contribution >= 0.6 is 11.6 Å². The number of likely N-dealkylation sites (tertiary alicyclic amines) is 1. The monoisotopic (exact) mass is 573 g/mol. The van der Waals surface area contributed by atoms with Crippen LogP contribution in [-0.2, 0) is 25.6 Å². The quantitative estimate of drug-likeness (QED) is 0.441. The zero-order chi connectivity index (χ0) is 29.4. The number of phenolic OH excluding ortho intramolecular Hbond substituents is 1. The van der Waals surface area contributed by atoms with Crippen molar-refractivity contribution in [2.24, 2.45) is 35.3 Å². The smallest absolute Gasteiger partial charge is 0.235 e. The van der Waals surface area contributed by atoms with Crippen LogP contribution in [0.5, 0.6) is 5.75 Å². The van der Waals surface area contributed by atoms with Crippen LogP contribution in [0.2, 0.25) is 5.02 Å². The molecule has 4 N–H and O–H groups in total. The summed E-state index contributed by atoms with van der Waals surface area (Å²) in [5.74, 6) is -10.2. The number of halogens is 1. The number of phenols is 1. The van der Waals surface area contributed by atoms with E-state index in [2.05, 4.69) is 18.7 Å². The normalized spacial score (nSPS) is 34.3. The van der Waals surface area contributed by atoms with Gasteiger partial charge in [0.15, 0.2) is 34.7 Å². The predicted molar refractivity (Wildman–Crippen MR) is 145 cm³/mol. The van der Waals surface area contributed by atoms with Crippen LogP contribution in [0.1, 0.15) is 60.6 Å². The number of nitrogens with zero attached hydrogens (tertiary/aromatic N) is 2. The van der Waals surface area contributed by atoms with Crippen LogP contribution in [-0.4, -0.2) is 87.9 Å². The lowest BCUT2D eigenvalue weighted by molar-refractivity contribution is -0.181. The molecule has 11 heteroatoms. The maximum Gasteiger partial charge on any atom is 0.235 e. The van der Waals surface area contributed by atoms with Crippen LogP contribution in [0.4, 0.5) is 0 Å². The molecule has 7 unspecified atom stereocenters. The van der Waals surface area contributed by atoms with Gasteiger partial charge in [-0.05, 0) is 75.4 Å². The van der Waals surface area contributed by atoms with Crippen molar-refractivity contribution in [2.45, 2.75) is 57.2 Å². The molecule has 1 aliphatic heterocycles. The fourth-order valence-electron chi connectivity index (χ4n) is 7.78. The molecule has 5 rings (SSSR count). The van der Waals surface area contributed by atoms with E-state index in [0.717, 1.165) is 31.5 Å². The number of carbonyl (C=O) groups excluding carboxylic acids is 5. The maximum absolute atomic E-state index is 13.9. The number of likely N-dealkylation sites (N-methyl/N-ethyl adjacent to an activating group) is 1. The summed E-state index contributed by atoms with van der Waals surface area (Å²) in [5.41, 5.74) is 3.73. The molecular formula is C29H36ClN3O7. The van der Waals surface area contributed by atoms with Gasteiger partial charge in [0, 0.05) is 23.5 Å². The van der Waals surface area contributed by atoms with Gasteiger partial charge in [-0.25, -0.2) is 0 Å². The number of hydrogen-bond acceptors (Lipinski definition) is 9. The van der Waals surface area contributed by atoms with Crippen molar-refractivity contribution in [3.63, 3.8) is 0 Å². The summed E-state index contributed by atoms with van der Waals surface area (Å²) in [4.78, 5) is 70.3. The van der Waals surface area contributed by atoms with Gasteiger partial charge in [-0.1, -0.05) is 25.4 Å². The van der Waals surface area contributed by atoms with E-state index < -0.39 is 64.4 Å². The Morgan fingerprint density at radius 3 is 2.50 bits per heavy atom. The van der Waals surface area contributed by atoms with Crippen molar-refractivity contribution in [3.05, 3.63) is 27.8 Å². The Balaban J connectivity index is 1.59. The number of Topliss-reactive ketones (excluding diaryl/α,β-unsaturated/α-hetero) is 4. The molecule has 1 aromatic carbocycles. The van der Waals surface area contributed by atoms with E-state index in [0.29, 0.717) is 16.5 Å². The third kappa shape index (κ3) is 4.06. The van der Waals surface area contributed by atoms with Crippen molar-refractivity contribution in [1.29, 1.82) is 0 Å². The Kier molecular flexibility index (Phi) is 7.22. The Morgan fingerprint density at radius 1 is 1.23 bits per heavy atom. The van der Waals surface area contributed by atoms with Crippen molar-refractivity contribution in [3.8, 4) is 5.75 Å². The number of nitrogens with two attached hydrogens (primary N) is 1. The van der Waals surface area contributed by atoms with Crippen molar-refractivity contribution >= 4 is 40.6 Å². The first-order valence-electron chi connectivity index (χ1n) is 13.8. The molecule has 0 bridgehead atoms. The standard InChI is InChI=1S/C29H36ClN3O7/c1-12(2)11-33-7-5-6-17(33)14-10-18(34)20-15(22(14)30)8-13-9-16-23(32(3)4)25(36)21(28(31)39)27(38)29(16,40)26(37)19(13)24(20)35/h10,12-13,16-17,19,21,23,34,40H,5-9,11H2,1-4H3,(H2,31,39). The van der Waals surface area contributed by atoms with Crippen LogP contribution in [0.15, 0.2) is 6.07 Å². The third-order valence-corrected chi connectivity index (χ3v) is 9.79. The highest BCUT2D eigenvalue weighted by molar-refractivity contribution is 6.35. The number of hydrogen-bond donors (Lipinski definition) is 3. The molecule has 10 nitrogen and oxygen atoms in total. The Bertz CT molecular complexity index is 1330. The summed E-state index contributed by atoms with van der Waals surface area (Å²) < 4.78 is 0. The number of carbonyl (C=O) groups is 5. The lowest BCUT2D eigenvalue weighted by Gasteiger charge is -2.52. The number of primary amides is 1. The molecule has 0 spiro atoms. The zero-order valence-corrected chi connectivity index (χ0v) is 23.9. The molecule has 2 saturated carbocycles. The van der Waals surface area contributed by atoms with Gasteiger partial charge >= 0.3 is 0 Å². The van der Waals surface area contributed by atoms with Gasteiger partial charge in [0.05, 0.1) is 17.5 Å². The summed E-state index contributed by atoms with van der Waals surface area (Å²) in [7, 11) is 3.11. The van der Waals surface area contributed by atoms with E-state index in [9.17, 15) is 34.2 Å². The van der Waals surface area contributed by atoms with E-state index in [4.69, 9.17) is 17.3 Å². The summed E-state index contributed by atoms with van der Waals surface area (Å²) in [6.07, 6.45) is 1.98. The molecule has 4 aliphatic rings. The molecule has 3 aliphatic carbocycles. The number of aromatic hydroxyl groups is 1. The number of amides is 1. The van der Waals surface area contributed by atoms with E-state index in [-0.39, 0.29) is 30.2 Å². The Hall–Kier alpha value is -2.66. The largest absolute Gasteiger partial charge is 0.507 e. The first-order chi connectivity index (χ1) is 18.7. The lowest BCUT2D eigenvalue weighted by atomic mass is 9.52. The molecule has 0 aromatic heterocycles. The second-order valence-corrected chi connectivity index (χ2v) is 12.9. The minimum atomic E-state index is -2.74. The highest BCUT2D eigenvalue weighted by Gasteiger charge is 2.69. The minimum Gasteiger partial charge on any atom is -0.507 e. The molecule has 1 saturated heterocycles. The predicted octanol–water partition coefficient (Wildman–Crippen LogP) is 1.31. The van der Waals surface area contributed by atoms with Gasteiger partial charge in [-0.15, -0.1) is 0 Å². The number of ketones is 4. The number of fused-ring (bicyclic) bond motifs is 3. The van der Waals surface area contributed by atoms with E-state index in [1.807, 2.05) is 0 Å². The van der Waals surface area contributed by atoms with Gasteiger partial charge in [0.1, 0.15) is 5.75 Å². The molecule has 40 heavy (non-hydrogen) atoms. The van der Waals surface area contributed by atoms with Gasteiger partial charge in [0.2, 0.25) is 5.91 Å². The summed E-state index contributed by atoms with van der Waals surface area (Å²) in [6, 6.07) is 0.345. The molecule has 3 fully saturated rings. The van der Waals surface area contributed by atoms with Crippen LogP contribution in [0, 0.1) is 29.6 Å². The van der Waals surface area contributed by atoms with Crippen LogP contribution in [0.25, 0.3) is 0 Å². The first-order valence-corrected chi connectivity index (χ1v) is 14.2. The summed E-state index contributed by atoms with van der Waals surface area (Å²) in [6.45, 7) is 6.02. The second-order valence-electron chi connectivity index (χ2n) is 12.5. The number of rotatable bonds is 5. The maximum atomic E-state index is 13.9. The average molecular weight is 574 g/mol. The molecule has 216 valence electrons. The summed E-state index contributed by atoms with van der Waals surface area (Å²) >= 11 is 6.97. The molecular weight excluding hydrogens is 538 g/mol. The minimum absolute atomic E-state index is 0.00584. The average Bonchev–Trinajstić information content (AvgIpc) is 3.30. The fourth-order valence-corrected chi connectivity index (χ4v) is 8.13. The molecule has 1 amide bonds. The SMILES string of the molecule is CC(C)CN1CCCC1c1cc(O)c2c(c1Cl)CC1CC3C(N(C)C)C(=O)C(C(N)=O)C(=O)C3(O)C(=O)C1C2=O. The Morgan fingerprint density at radius 2 is 1.90 bits per heavy atom. The molecule has 0 radical (unpaired) electrons. The van der Waals surface area contributed by atoms with Gasteiger partial charge < -0.3 is 15.9 Å². The van der Waals surface area contributed by atoms with Crippen LogP contribution in [0.3, 0.4) is 0 Å².